The summed E-state index contributed by atoms with van der Waals surface area (Å²) in [5.74, 6) is -0.930. The maximum Gasteiger partial charge on any atom is 0.237 e. The van der Waals surface area contributed by atoms with Gasteiger partial charge in [-0.25, -0.2) is 0 Å². The number of benzene rings is 4. The van der Waals surface area contributed by atoms with Crippen molar-refractivity contribution in [1.82, 2.24) is 4.90 Å². The van der Waals surface area contributed by atoms with Crippen molar-refractivity contribution in [3.63, 3.8) is 0 Å². The van der Waals surface area contributed by atoms with Crippen molar-refractivity contribution in [2.75, 3.05) is 7.05 Å². The van der Waals surface area contributed by atoms with Gasteiger partial charge in [-0.15, -0.1) is 22.7 Å². The molecular formula is C29H19NO2S2. The second-order valence-electron chi connectivity index (χ2n) is 9.63. The van der Waals surface area contributed by atoms with Crippen LogP contribution in [0.5, 0.6) is 0 Å². The summed E-state index contributed by atoms with van der Waals surface area (Å²) in [6.45, 7) is 4.46. The first kappa shape index (κ1) is 19.1. The molecule has 1 aliphatic heterocycles. The third-order valence-electron chi connectivity index (χ3n) is 8.14. The van der Waals surface area contributed by atoms with E-state index in [1.807, 2.05) is 34.8 Å². The van der Waals surface area contributed by atoms with Gasteiger partial charge in [0.15, 0.2) is 0 Å². The van der Waals surface area contributed by atoms with Crippen molar-refractivity contribution in [1.29, 1.82) is 0 Å². The van der Waals surface area contributed by atoms with Crippen LogP contribution < -0.4 is 0 Å². The number of likely N-dealkylation sites (tertiary alicyclic amines) is 1. The summed E-state index contributed by atoms with van der Waals surface area (Å²) in [5, 5.41) is 7.39. The van der Waals surface area contributed by atoms with Gasteiger partial charge < -0.3 is 0 Å². The van der Waals surface area contributed by atoms with Crippen LogP contribution in [-0.4, -0.2) is 23.8 Å². The number of carbonyl (C=O) groups excluding carboxylic acids is 2. The summed E-state index contributed by atoms with van der Waals surface area (Å²) < 4.78 is 5.10. The zero-order valence-electron chi connectivity index (χ0n) is 18.9. The molecule has 1 fully saturated rings. The van der Waals surface area contributed by atoms with Gasteiger partial charge in [0.1, 0.15) is 0 Å². The van der Waals surface area contributed by atoms with Crippen molar-refractivity contribution in [3.8, 4) is 0 Å². The summed E-state index contributed by atoms with van der Waals surface area (Å²) in [7, 11) is 1.63. The molecule has 2 aromatic heterocycles. The van der Waals surface area contributed by atoms with Gasteiger partial charge in [-0.1, -0.05) is 48.5 Å². The van der Waals surface area contributed by atoms with Crippen molar-refractivity contribution < 1.29 is 9.59 Å². The molecule has 9 rings (SSSR count). The standard InChI is InChI=1S/C29H19NO2S2/c1-12-14-8-4-5-9-15(14)13(2)24-18(12)26-27(33-24)23-19-16-10-6-7-11-17(16)20(25(23)34-26)22-21(19)28(31)30(3)29(22)32/h4-11,21-22H,1-3H3. The van der Waals surface area contributed by atoms with E-state index in [1.165, 1.54) is 56.4 Å². The summed E-state index contributed by atoms with van der Waals surface area (Å²) in [4.78, 5) is 27.9. The van der Waals surface area contributed by atoms with Crippen molar-refractivity contribution in [2.45, 2.75) is 25.7 Å². The van der Waals surface area contributed by atoms with E-state index in [0.717, 1.165) is 21.9 Å². The fourth-order valence-electron chi connectivity index (χ4n) is 6.60. The molecule has 2 atom stereocenters. The Morgan fingerprint density at radius 1 is 0.618 bits per heavy atom. The summed E-state index contributed by atoms with van der Waals surface area (Å²) in [6.07, 6.45) is 0. The second kappa shape index (κ2) is 6.04. The molecule has 0 N–H and O–H groups in total. The van der Waals surface area contributed by atoms with Gasteiger partial charge in [0.2, 0.25) is 11.8 Å². The van der Waals surface area contributed by atoms with Crippen LogP contribution in [0, 0.1) is 13.8 Å². The minimum absolute atomic E-state index is 0.0673. The maximum absolute atomic E-state index is 13.3. The van der Waals surface area contributed by atoms with Crippen LogP contribution in [0.25, 0.3) is 51.1 Å². The van der Waals surface area contributed by atoms with E-state index in [2.05, 4.69) is 50.2 Å². The van der Waals surface area contributed by atoms with Gasteiger partial charge in [-0.2, -0.15) is 0 Å². The van der Waals surface area contributed by atoms with Crippen LogP contribution in [-0.2, 0) is 9.59 Å². The van der Waals surface area contributed by atoms with E-state index in [4.69, 9.17) is 0 Å². The zero-order chi connectivity index (χ0) is 23.0. The Hall–Kier alpha value is -3.28. The highest BCUT2D eigenvalue weighted by Gasteiger charge is 2.53. The number of likely N-dealkylation sites (N-methyl/N-ethyl adjacent to an activating group) is 1. The molecule has 3 nitrogen and oxygen atoms in total. The molecule has 0 saturated carbocycles. The molecule has 4 aromatic carbocycles. The van der Waals surface area contributed by atoms with Crippen LogP contribution in [0.2, 0.25) is 0 Å². The molecule has 2 amide bonds. The van der Waals surface area contributed by atoms with Crippen molar-refractivity contribution >= 4 is 85.6 Å². The monoisotopic (exact) mass is 477 g/mol. The molecule has 164 valence electrons. The molecule has 2 bridgehead atoms. The van der Waals surface area contributed by atoms with Gasteiger partial charge in [0, 0.05) is 27.2 Å². The summed E-state index contributed by atoms with van der Waals surface area (Å²) in [6, 6.07) is 17.0. The number of carbonyl (C=O) groups is 2. The molecule has 2 aliphatic carbocycles. The lowest BCUT2D eigenvalue weighted by molar-refractivity contribution is -0.137. The van der Waals surface area contributed by atoms with E-state index in [-0.39, 0.29) is 11.8 Å². The van der Waals surface area contributed by atoms with E-state index < -0.39 is 11.8 Å². The fourth-order valence-corrected chi connectivity index (χ4v) is 9.73. The Bertz CT molecular complexity index is 1960. The number of aryl methyl sites for hydroxylation is 2. The largest absolute Gasteiger partial charge is 0.285 e. The van der Waals surface area contributed by atoms with Crippen LogP contribution in [0.1, 0.15) is 34.1 Å². The third kappa shape index (κ3) is 1.94. The Labute approximate surface area is 203 Å². The van der Waals surface area contributed by atoms with E-state index in [9.17, 15) is 9.59 Å². The summed E-state index contributed by atoms with van der Waals surface area (Å²) in [5.41, 5.74) is 4.76. The van der Waals surface area contributed by atoms with Crippen LogP contribution in [0.15, 0.2) is 48.5 Å². The number of amides is 2. The average Bonchev–Trinajstić information content (AvgIpc) is 3.49. The highest BCUT2D eigenvalue weighted by molar-refractivity contribution is 7.37. The minimum Gasteiger partial charge on any atom is -0.285 e. The Morgan fingerprint density at radius 2 is 1.12 bits per heavy atom. The lowest BCUT2D eigenvalue weighted by Gasteiger charge is -2.28. The number of imide groups is 1. The predicted molar refractivity (Wildman–Crippen MR) is 142 cm³/mol. The molecule has 6 aromatic rings. The molecular weight excluding hydrogens is 458 g/mol. The second-order valence-corrected chi connectivity index (χ2v) is 11.7. The highest BCUT2D eigenvalue weighted by atomic mass is 32.1. The molecule has 1 saturated heterocycles. The number of fused-ring (bicyclic) bond motifs is 4. The van der Waals surface area contributed by atoms with Gasteiger partial charge in [-0.3, -0.25) is 14.5 Å². The number of nitrogens with zero attached hydrogens (tertiary/aromatic N) is 1. The van der Waals surface area contributed by atoms with E-state index >= 15 is 0 Å². The Morgan fingerprint density at radius 3 is 1.79 bits per heavy atom. The van der Waals surface area contributed by atoms with Crippen molar-refractivity contribution in [3.05, 3.63) is 70.8 Å². The Balaban J connectivity index is 1.64. The van der Waals surface area contributed by atoms with Gasteiger partial charge in [0.25, 0.3) is 0 Å². The number of hydrogen-bond acceptors (Lipinski definition) is 4. The maximum atomic E-state index is 13.3. The fraction of sp³-hybridized carbons (Fsp3) is 0.172. The van der Waals surface area contributed by atoms with Crippen LogP contribution in [0.3, 0.4) is 0 Å². The first-order valence-electron chi connectivity index (χ1n) is 11.5. The molecule has 34 heavy (non-hydrogen) atoms. The highest BCUT2D eigenvalue weighted by Crippen LogP contribution is 2.60. The topological polar surface area (TPSA) is 37.4 Å². The molecule has 5 heteroatoms. The lowest BCUT2D eigenvalue weighted by atomic mass is 9.72. The Kier molecular flexibility index (Phi) is 3.39. The molecule has 3 aliphatic rings. The van der Waals surface area contributed by atoms with Gasteiger partial charge >= 0.3 is 0 Å². The molecule has 3 heterocycles. The van der Waals surface area contributed by atoms with Gasteiger partial charge in [-0.05, 0) is 57.6 Å². The summed E-state index contributed by atoms with van der Waals surface area (Å²) >= 11 is 3.67. The zero-order valence-corrected chi connectivity index (χ0v) is 20.5. The lowest BCUT2D eigenvalue weighted by Crippen LogP contribution is -2.25. The SMILES string of the molecule is Cc1c2ccccc2c(C)c2c1sc1c2sc2c3c4ccccc4c(c21)C1C(=O)N(C)C(=O)C31. The number of rotatable bonds is 0. The molecule has 0 radical (unpaired) electrons. The smallest absolute Gasteiger partial charge is 0.237 e. The van der Waals surface area contributed by atoms with E-state index in [0.29, 0.717) is 0 Å². The van der Waals surface area contributed by atoms with Crippen molar-refractivity contribution in [2.24, 2.45) is 0 Å². The molecule has 2 unspecified atom stereocenters. The average molecular weight is 478 g/mol. The number of hydrogen-bond donors (Lipinski definition) is 0. The minimum atomic E-state index is -0.404. The number of thiophene rings is 2. The normalized spacial score (nSPS) is 19.7. The quantitative estimate of drug-likeness (QED) is 0.214. The first-order valence-corrected chi connectivity index (χ1v) is 13.1. The third-order valence-corrected chi connectivity index (χ3v) is 10.8. The van der Waals surface area contributed by atoms with Crippen LogP contribution >= 0.6 is 22.7 Å². The first-order chi connectivity index (χ1) is 16.5. The van der Waals surface area contributed by atoms with E-state index in [1.54, 1.807) is 7.05 Å². The predicted octanol–water partition coefficient (Wildman–Crippen LogP) is 7.37. The van der Waals surface area contributed by atoms with Crippen LogP contribution in [0.4, 0.5) is 0 Å². The van der Waals surface area contributed by atoms with Gasteiger partial charge in [0.05, 0.1) is 21.2 Å². The molecule has 0 spiro atoms.